The summed E-state index contributed by atoms with van der Waals surface area (Å²) in [7, 11) is 5.06. The number of methoxy groups -OCH3 is 1. The van der Waals surface area contributed by atoms with Crippen molar-refractivity contribution in [3.63, 3.8) is 0 Å². The zero-order valence-electron chi connectivity index (χ0n) is 30.9. The summed E-state index contributed by atoms with van der Waals surface area (Å²) in [4.78, 5) is 55.7. The van der Waals surface area contributed by atoms with Gasteiger partial charge in [-0.05, 0) is 84.9 Å². The van der Waals surface area contributed by atoms with Crippen LogP contribution in [0.5, 0.6) is 5.75 Å². The number of nitrogens with one attached hydrogen (secondary N) is 2. The van der Waals surface area contributed by atoms with Gasteiger partial charge in [0.25, 0.3) is 5.56 Å². The number of carbonyl (C=O) groups excluding carboxylic acids is 3. The van der Waals surface area contributed by atoms with Crippen molar-refractivity contribution in [2.24, 2.45) is 7.05 Å². The first-order chi connectivity index (χ1) is 26.0. The minimum atomic E-state index is -0.586. The van der Waals surface area contributed by atoms with E-state index in [0.717, 1.165) is 23.8 Å². The number of aryl methyl sites for hydroxylation is 1. The number of hydrogen-bond acceptors (Lipinski definition) is 7. The molecular formula is C41H46F2N6O5. The molecule has 1 unspecified atom stereocenters. The van der Waals surface area contributed by atoms with Crippen LogP contribution in [0.15, 0.2) is 65.6 Å². The zero-order chi connectivity index (χ0) is 38.1. The van der Waals surface area contributed by atoms with Gasteiger partial charge in [0.2, 0.25) is 11.8 Å². The Morgan fingerprint density at radius 3 is 2.33 bits per heavy atom. The van der Waals surface area contributed by atoms with Crippen LogP contribution >= 0.6 is 0 Å². The first-order valence-corrected chi connectivity index (χ1v) is 18.6. The lowest BCUT2D eigenvalue weighted by molar-refractivity contribution is -0.133. The number of pyridine rings is 1. The minimum Gasteiger partial charge on any atom is -0.496 e. The van der Waals surface area contributed by atoms with Crippen molar-refractivity contribution in [1.82, 2.24) is 24.6 Å². The van der Waals surface area contributed by atoms with Crippen molar-refractivity contribution in [3.05, 3.63) is 93.9 Å². The predicted octanol–water partition coefficient (Wildman–Crippen LogP) is 5.61. The lowest BCUT2D eigenvalue weighted by Crippen LogP contribution is -2.51. The van der Waals surface area contributed by atoms with Gasteiger partial charge in [0.1, 0.15) is 23.4 Å². The Balaban J connectivity index is 0.923. The molecule has 3 fully saturated rings. The highest BCUT2D eigenvalue weighted by Gasteiger charge is 2.32. The number of piperidine rings is 3. The molecule has 4 aromatic rings. The number of ether oxygens (including phenoxy) is 1. The first-order valence-electron chi connectivity index (χ1n) is 18.6. The van der Waals surface area contributed by atoms with Crippen molar-refractivity contribution in [3.8, 4) is 16.9 Å². The van der Waals surface area contributed by atoms with E-state index in [2.05, 4.69) is 15.5 Å². The van der Waals surface area contributed by atoms with E-state index in [1.165, 1.54) is 23.8 Å². The quantitative estimate of drug-likeness (QED) is 0.226. The second kappa shape index (κ2) is 15.6. The number of nitrogens with zero attached hydrogens (tertiary/aromatic N) is 4. The number of hydrogen-bond donors (Lipinski definition) is 2. The Labute approximate surface area is 312 Å². The molecule has 4 amide bonds. The maximum absolute atomic E-state index is 15.8. The highest BCUT2D eigenvalue weighted by Crippen LogP contribution is 2.35. The molecule has 1 aromatic heterocycles. The molecule has 0 bridgehead atoms. The number of imide groups is 1. The normalized spacial score (nSPS) is 18.8. The molecule has 4 heterocycles. The van der Waals surface area contributed by atoms with Crippen molar-refractivity contribution >= 4 is 34.3 Å². The second-order valence-electron chi connectivity index (χ2n) is 14.7. The van der Waals surface area contributed by atoms with Crippen LogP contribution in [-0.4, -0.2) is 89.5 Å². The molecule has 0 saturated carbocycles. The number of urea groups is 1. The van der Waals surface area contributed by atoms with Gasteiger partial charge < -0.3 is 24.4 Å². The predicted molar refractivity (Wildman–Crippen MR) is 202 cm³/mol. The summed E-state index contributed by atoms with van der Waals surface area (Å²) in [5, 5.41) is 6.65. The molecule has 1 atom stereocenters. The largest absolute Gasteiger partial charge is 0.496 e. The van der Waals surface area contributed by atoms with E-state index in [-0.39, 0.29) is 47.5 Å². The molecule has 3 aromatic carbocycles. The smallest absolute Gasteiger partial charge is 0.319 e. The molecule has 54 heavy (non-hydrogen) atoms. The van der Waals surface area contributed by atoms with Gasteiger partial charge in [-0.15, -0.1) is 0 Å². The minimum absolute atomic E-state index is 0.0283. The lowest BCUT2D eigenvalue weighted by Gasteiger charge is -2.40. The Hall–Kier alpha value is -5.30. The Bertz CT molecular complexity index is 2140. The van der Waals surface area contributed by atoms with E-state index in [1.54, 1.807) is 31.4 Å². The zero-order valence-corrected chi connectivity index (χ0v) is 30.9. The van der Waals surface area contributed by atoms with Gasteiger partial charge in [-0.3, -0.25) is 24.6 Å². The third kappa shape index (κ3) is 7.54. The van der Waals surface area contributed by atoms with Crippen molar-refractivity contribution in [2.45, 2.75) is 63.1 Å². The van der Waals surface area contributed by atoms with Gasteiger partial charge >= 0.3 is 6.03 Å². The molecule has 0 spiro atoms. The van der Waals surface area contributed by atoms with E-state index in [4.69, 9.17) is 4.74 Å². The molecule has 0 radical (unpaired) electrons. The molecular weight excluding hydrogens is 694 g/mol. The highest BCUT2D eigenvalue weighted by atomic mass is 19.1. The van der Waals surface area contributed by atoms with Gasteiger partial charge in [-0.2, -0.15) is 0 Å². The molecule has 284 valence electrons. The lowest BCUT2D eigenvalue weighted by atomic mass is 9.89. The summed E-state index contributed by atoms with van der Waals surface area (Å²) in [5.41, 5.74) is 2.82. The Morgan fingerprint density at radius 1 is 0.926 bits per heavy atom. The SMILES string of the molecule is COc1cc(-c2cn(C)c(=O)c3ccccc23)cc(F)c1CN1CCC(N(C)C(=O)N2CCC(c3ccc(NC4CCC(=O)NC4=O)cc3F)CC2)CC1. The van der Waals surface area contributed by atoms with Crippen LogP contribution in [0.4, 0.5) is 19.3 Å². The third-order valence-electron chi connectivity index (χ3n) is 11.4. The van der Waals surface area contributed by atoms with E-state index >= 15 is 8.78 Å². The van der Waals surface area contributed by atoms with Crippen molar-refractivity contribution in [1.29, 1.82) is 0 Å². The number of benzene rings is 3. The molecule has 7 rings (SSSR count). The van der Waals surface area contributed by atoms with Crippen molar-refractivity contribution < 1.29 is 27.9 Å². The Morgan fingerprint density at radius 2 is 1.65 bits per heavy atom. The summed E-state index contributed by atoms with van der Waals surface area (Å²) < 4.78 is 38.3. The van der Waals surface area contributed by atoms with Crippen LogP contribution in [-0.2, 0) is 23.2 Å². The fourth-order valence-corrected chi connectivity index (χ4v) is 8.18. The van der Waals surface area contributed by atoms with E-state index in [0.29, 0.717) is 85.5 Å². The highest BCUT2D eigenvalue weighted by molar-refractivity contribution is 6.01. The number of amides is 4. The maximum Gasteiger partial charge on any atom is 0.319 e. The van der Waals surface area contributed by atoms with Gasteiger partial charge in [0.15, 0.2) is 0 Å². The standard InChI is InChI=1S/C41H46F2N6O5/c1-46-23-32(30-6-4-5-7-31(30)40(46)52)26-20-34(42)33(37(21-26)54-3)24-48-16-14-28(15-17-48)47(2)41(53)49-18-12-25(13-19-49)29-9-8-27(22-35(29)43)44-36-10-11-38(50)45-39(36)51/h4-9,20-23,25,28,36,44H,10-19,24H2,1-3H3,(H,45,50,51). The van der Waals surface area contributed by atoms with E-state index < -0.39 is 11.9 Å². The maximum atomic E-state index is 15.8. The number of anilines is 1. The fraction of sp³-hybridized carbons (Fsp3) is 0.415. The summed E-state index contributed by atoms with van der Waals surface area (Å²) >= 11 is 0. The molecule has 3 saturated heterocycles. The van der Waals surface area contributed by atoms with Gasteiger partial charge in [-0.25, -0.2) is 13.6 Å². The molecule has 11 nitrogen and oxygen atoms in total. The number of fused-ring (bicyclic) bond motifs is 1. The average Bonchev–Trinajstić information content (AvgIpc) is 3.18. The van der Waals surface area contributed by atoms with Crippen LogP contribution < -0.4 is 20.9 Å². The topological polar surface area (TPSA) is 116 Å². The summed E-state index contributed by atoms with van der Waals surface area (Å²) in [6, 6.07) is 15.0. The number of rotatable bonds is 8. The second-order valence-corrected chi connectivity index (χ2v) is 14.7. The molecule has 13 heteroatoms. The monoisotopic (exact) mass is 740 g/mol. The van der Waals surface area contributed by atoms with Crippen LogP contribution in [0, 0.1) is 11.6 Å². The number of aromatic nitrogens is 1. The average molecular weight is 741 g/mol. The van der Waals surface area contributed by atoms with E-state index in [9.17, 15) is 19.2 Å². The van der Waals surface area contributed by atoms with Gasteiger partial charge in [0.05, 0.1) is 7.11 Å². The summed E-state index contributed by atoms with van der Waals surface area (Å²) in [6.07, 6.45) is 5.10. The molecule has 0 aliphatic carbocycles. The number of carbonyl (C=O) groups is 3. The Kier molecular flexibility index (Phi) is 10.7. The van der Waals surface area contributed by atoms with Crippen LogP contribution in [0.3, 0.4) is 0 Å². The number of halogens is 2. The number of likely N-dealkylation sites (tertiary alicyclic amines) is 2. The molecule has 3 aliphatic heterocycles. The third-order valence-corrected chi connectivity index (χ3v) is 11.4. The van der Waals surface area contributed by atoms with Crippen LogP contribution in [0.1, 0.15) is 55.6 Å². The van der Waals surface area contributed by atoms with Crippen LogP contribution in [0.25, 0.3) is 21.9 Å². The summed E-state index contributed by atoms with van der Waals surface area (Å²) in [5.74, 6) is -1.02. The first kappa shape index (κ1) is 37.0. The van der Waals surface area contributed by atoms with E-state index in [1.807, 2.05) is 41.1 Å². The summed E-state index contributed by atoms with van der Waals surface area (Å²) in [6.45, 7) is 2.78. The fourth-order valence-electron chi connectivity index (χ4n) is 8.18. The van der Waals surface area contributed by atoms with Crippen LogP contribution in [0.2, 0.25) is 0 Å². The van der Waals surface area contributed by atoms with Gasteiger partial charge in [-0.1, -0.05) is 24.3 Å². The molecule has 2 N–H and O–H groups in total. The van der Waals surface area contributed by atoms with Crippen molar-refractivity contribution in [2.75, 3.05) is 45.7 Å². The van der Waals surface area contributed by atoms with Gasteiger partial charge in [0, 0.05) is 87.7 Å². The molecule has 3 aliphatic rings.